The minimum Gasteiger partial charge on any atom is -0.497 e. The minimum atomic E-state index is -0.600. The van der Waals surface area contributed by atoms with Gasteiger partial charge in [-0.15, -0.1) is 0 Å². The molecule has 1 amide bonds. The van der Waals surface area contributed by atoms with Crippen LogP contribution in [-0.4, -0.2) is 25.6 Å². The molecule has 5 nitrogen and oxygen atoms in total. The highest BCUT2D eigenvalue weighted by Crippen LogP contribution is 2.23. The largest absolute Gasteiger partial charge is 0.497 e. The Labute approximate surface area is 149 Å². The number of ether oxygens (including phenoxy) is 2. The quantitative estimate of drug-likeness (QED) is 0.785. The normalized spacial score (nSPS) is 10.2. The SMILES string of the molecule is COc1ccc(Br)c(C(=O)OCC(=O)Nc2cc(C)ccc2C)c1. The third-order valence-corrected chi connectivity index (χ3v) is 4.09. The van der Waals surface area contributed by atoms with E-state index >= 15 is 0 Å². The van der Waals surface area contributed by atoms with E-state index in [-0.39, 0.29) is 6.61 Å². The molecule has 2 rings (SSSR count). The van der Waals surface area contributed by atoms with E-state index in [1.807, 2.05) is 32.0 Å². The molecule has 2 aromatic rings. The summed E-state index contributed by atoms with van der Waals surface area (Å²) in [5.74, 6) is -0.460. The average molecular weight is 392 g/mol. The van der Waals surface area contributed by atoms with Gasteiger partial charge in [0.1, 0.15) is 5.75 Å². The lowest BCUT2D eigenvalue weighted by Gasteiger charge is -2.10. The Morgan fingerprint density at radius 3 is 2.58 bits per heavy atom. The molecule has 0 unspecified atom stereocenters. The first-order chi connectivity index (χ1) is 11.4. The van der Waals surface area contributed by atoms with Gasteiger partial charge >= 0.3 is 5.97 Å². The Morgan fingerprint density at radius 2 is 1.88 bits per heavy atom. The number of carbonyl (C=O) groups is 2. The van der Waals surface area contributed by atoms with Crippen molar-refractivity contribution >= 4 is 33.5 Å². The van der Waals surface area contributed by atoms with Crippen LogP contribution >= 0.6 is 15.9 Å². The summed E-state index contributed by atoms with van der Waals surface area (Å²) in [6.07, 6.45) is 0. The van der Waals surface area contributed by atoms with Gasteiger partial charge in [0.15, 0.2) is 6.61 Å². The second kappa shape index (κ2) is 7.97. The highest BCUT2D eigenvalue weighted by Gasteiger charge is 2.15. The summed E-state index contributed by atoms with van der Waals surface area (Å²) in [5.41, 5.74) is 2.98. The van der Waals surface area contributed by atoms with Crippen LogP contribution in [0, 0.1) is 13.8 Å². The summed E-state index contributed by atoms with van der Waals surface area (Å²) < 4.78 is 10.7. The van der Waals surface area contributed by atoms with Crippen molar-refractivity contribution in [2.45, 2.75) is 13.8 Å². The van der Waals surface area contributed by atoms with Crippen LogP contribution in [0.15, 0.2) is 40.9 Å². The van der Waals surface area contributed by atoms with Crippen molar-refractivity contribution in [1.29, 1.82) is 0 Å². The molecule has 2 aromatic carbocycles. The van der Waals surface area contributed by atoms with Crippen molar-refractivity contribution < 1.29 is 19.1 Å². The van der Waals surface area contributed by atoms with Crippen LogP contribution in [0.5, 0.6) is 5.75 Å². The van der Waals surface area contributed by atoms with Crippen molar-refractivity contribution in [3.8, 4) is 5.75 Å². The maximum atomic E-state index is 12.1. The number of nitrogens with one attached hydrogen (secondary N) is 1. The molecule has 0 bridgehead atoms. The molecule has 0 atom stereocenters. The molecule has 0 aliphatic carbocycles. The molecule has 126 valence electrons. The summed E-state index contributed by atoms with van der Waals surface area (Å²) >= 11 is 3.28. The lowest BCUT2D eigenvalue weighted by Crippen LogP contribution is -2.21. The van der Waals surface area contributed by atoms with Gasteiger partial charge in [0, 0.05) is 10.2 Å². The standard InChI is InChI=1S/C18H18BrNO4/c1-11-4-5-12(2)16(8-11)20-17(21)10-24-18(22)14-9-13(23-3)6-7-15(14)19/h4-9H,10H2,1-3H3,(H,20,21). The number of rotatable bonds is 5. The van der Waals surface area contributed by atoms with Crippen molar-refractivity contribution in [3.63, 3.8) is 0 Å². The molecule has 24 heavy (non-hydrogen) atoms. The number of aryl methyl sites for hydroxylation is 2. The Balaban J connectivity index is 1.99. The Morgan fingerprint density at radius 1 is 1.12 bits per heavy atom. The van der Waals surface area contributed by atoms with E-state index in [2.05, 4.69) is 21.2 Å². The predicted molar refractivity (Wildman–Crippen MR) is 95.5 cm³/mol. The van der Waals surface area contributed by atoms with E-state index in [1.165, 1.54) is 7.11 Å². The average Bonchev–Trinajstić information content (AvgIpc) is 2.56. The lowest BCUT2D eigenvalue weighted by atomic mass is 10.1. The number of carbonyl (C=O) groups excluding carboxylic acids is 2. The summed E-state index contributed by atoms with van der Waals surface area (Å²) in [6, 6.07) is 10.7. The van der Waals surface area contributed by atoms with Crippen molar-refractivity contribution in [2.75, 3.05) is 19.0 Å². The fraction of sp³-hybridized carbons (Fsp3) is 0.222. The summed E-state index contributed by atoms with van der Waals surface area (Å²) in [6.45, 7) is 3.47. The molecule has 0 saturated heterocycles. The smallest absolute Gasteiger partial charge is 0.339 e. The summed E-state index contributed by atoms with van der Waals surface area (Å²) in [5, 5.41) is 2.74. The first-order valence-electron chi connectivity index (χ1n) is 7.28. The topological polar surface area (TPSA) is 64.6 Å². The van der Waals surface area contributed by atoms with E-state index in [0.29, 0.717) is 21.5 Å². The molecule has 0 aromatic heterocycles. The zero-order valence-corrected chi connectivity index (χ0v) is 15.3. The van der Waals surface area contributed by atoms with Gasteiger partial charge < -0.3 is 14.8 Å². The van der Waals surface area contributed by atoms with Crippen LogP contribution in [0.2, 0.25) is 0 Å². The third kappa shape index (κ3) is 4.58. The van der Waals surface area contributed by atoms with Crippen LogP contribution in [0.3, 0.4) is 0 Å². The van der Waals surface area contributed by atoms with Gasteiger partial charge in [-0.2, -0.15) is 0 Å². The fourth-order valence-electron chi connectivity index (χ4n) is 2.05. The van der Waals surface area contributed by atoms with Gasteiger partial charge in [-0.25, -0.2) is 4.79 Å². The minimum absolute atomic E-state index is 0.300. The molecule has 0 saturated carbocycles. The molecule has 0 radical (unpaired) electrons. The van der Waals surface area contributed by atoms with Crippen molar-refractivity contribution in [3.05, 3.63) is 57.6 Å². The van der Waals surface area contributed by atoms with Gasteiger partial charge in [0.25, 0.3) is 5.91 Å². The number of anilines is 1. The number of benzene rings is 2. The molecule has 0 fully saturated rings. The molecular formula is C18H18BrNO4. The van der Waals surface area contributed by atoms with E-state index in [0.717, 1.165) is 11.1 Å². The first-order valence-corrected chi connectivity index (χ1v) is 8.08. The number of halogens is 1. The molecule has 0 heterocycles. The van der Waals surface area contributed by atoms with Gasteiger partial charge in [0.2, 0.25) is 0 Å². The van der Waals surface area contributed by atoms with Crippen molar-refractivity contribution in [1.82, 2.24) is 0 Å². The van der Waals surface area contributed by atoms with Gasteiger partial charge in [-0.3, -0.25) is 4.79 Å². The Bertz CT molecular complexity index is 774. The highest BCUT2D eigenvalue weighted by atomic mass is 79.9. The maximum Gasteiger partial charge on any atom is 0.339 e. The molecule has 0 spiro atoms. The van der Waals surface area contributed by atoms with Crippen LogP contribution in [0.4, 0.5) is 5.69 Å². The van der Waals surface area contributed by atoms with E-state index in [1.54, 1.807) is 18.2 Å². The maximum absolute atomic E-state index is 12.1. The zero-order valence-electron chi connectivity index (χ0n) is 13.7. The monoisotopic (exact) mass is 391 g/mol. The predicted octanol–water partition coefficient (Wildman–Crippen LogP) is 3.87. The van der Waals surface area contributed by atoms with E-state index in [9.17, 15) is 9.59 Å². The first kappa shape index (κ1) is 18.0. The summed E-state index contributed by atoms with van der Waals surface area (Å²) in [4.78, 5) is 24.1. The van der Waals surface area contributed by atoms with Gasteiger partial charge in [-0.1, -0.05) is 12.1 Å². The van der Waals surface area contributed by atoms with Crippen LogP contribution in [0.25, 0.3) is 0 Å². The van der Waals surface area contributed by atoms with Crippen molar-refractivity contribution in [2.24, 2.45) is 0 Å². The highest BCUT2D eigenvalue weighted by molar-refractivity contribution is 9.10. The van der Waals surface area contributed by atoms with Crippen LogP contribution in [0.1, 0.15) is 21.5 Å². The number of hydrogen-bond donors (Lipinski definition) is 1. The van der Waals surface area contributed by atoms with E-state index < -0.39 is 11.9 Å². The molecule has 0 aliphatic heterocycles. The van der Waals surface area contributed by atoms with Gasteiger partial charge in [0.05, 0.1) is 12.7 Å². The number of hydrogen-bond acceptors (Lipinski definition) is 4. The number of esters is 1. The van der Waals surface area contributed by atoms with Gasteiger partial charge in [-0.05, 0) is 65.2 Å². The number of methoxy groups -OCH3 is 1. The van der Waals surface area contributed by atoms with Crippen LogP contribution < -0.4 is 10.1 Å². The third-order valence-electron chi connectivity index (χ3n) is 3.39. The molecule has 6 heteroatoms. The molecule has 0 aliphatic rings. The lowest BCUT2D eigenvalue weighted by molar-refractivity contribution is -0.119. The van der Waals surface area contributed by atoms with Crippen LogP contribution in [-0.2, 0) is 9.53 Å². The second-order valence-corrected chi connectivity index (χ2v) is 6.14. The Hall–Kier alpha value is -2.34. The number of amides is 1. The fourth-order valence-corrected chi connectivity index (χ4v) is 2.46. The summed E-state index contributed by atoms with van der Waals surface area (Å²) in [7, 11) is 1.51. The van der Waals surface area contributed by atoms with E-state index in [4.69, 9.17) is 9.47 Å². The molecule has 1 N–H and O–H groups in total. The molecular weight excluding hydrogens is 374 g/mol. The second-order valence-electron chi connectivity index (χ2n) is 5.29. The zero-order chi connectivity index (χ0) is 17.7. The Kier molecular flexibility index (Phi) is 5.98.